The van der Waals surface area contributed by atoms with E-state index >= 15 is 0 Å². The number of aryl methyl sites for hydroxylation is 1. The molecular formula is C13H19NO. The van der Waals surface area contributed by atoms with Gasteiger partial charge in [-0.3, -0.25) is 0 Å². The zero-order chi connectivity index (χ0) is 10.7. The lowest BCUT2D eigenvalue weighted by Crippen LogP contribution is -2.34. The lowest BCUT2D eigenvalue weighted by Gasteiger charge is -2.31. The largest absolute Gasteiger partial charge is 0.372 e. The van der Waals surface area contributed by atoms with Gasteiger partial charge in [0.1, 0.15) is 0 Å². The van der Waals surface area contributed by atoms with Gasteiger partial charge in [0.05, 0.1) is 6.10 Å². The van der Waals surface area contributed by atoms with Gasteiger partial charge in [-0.2, -0.15) is 0 Å². The maximum atomic E-state index is 6.11. The Morgan fingerprint density at radius 1 is 1.40 bits per heavy atom. The van der Waals surface area contributed by atoms with Gasteiger partial charge in [0, 0.05) is 12.6 Å². The van der Waals surface area contributed by atoms with Crippen molar-refractivity contribution in [2.45, 2.75) is 38.3 Å². The van der Waals surface area contributed by atoms with Crippen LogP contribution in [0.2, 0.25) is 0 Å². The molecule has 0 radical (unpaired) electrons. The SMILES string of the molecule is CCCOC1c2ccccc2CCC1N. The summed E-state index contributed by atoms with van der Waals surface area (Å²) in [6, 6.07) is 8.65. The predicted octanol–water partition coefficient (Wildman–Crippen LogP) is 2.43. The zero-order valence-corrected chi connectivity index (χ0v) is 9.28. The first-order chi connectivity index (χ1) is 7.33. The Hall–Kier alpha value is -0.860. The van der Waals surface area contributed by atoms with Crippen molar-refractivity contribution in [3.63, 3.8) is 0 Å². The summed E-state index contributed by atoms with van der Waals surface area (Å²) in [5, 5.41) is 0. The van der Waals surface area contributed by atoms with E-state index in [1.807, 2.05) is 0 Å². The Bertz CT molecular complexity index is 324. The van der Waals surface area contributed by atoms with Crippen molar-refractivity contribution in [3.8, 4) is 0 Å². The molecule has 2 rings (SSSR count). The van der Waals surface area contributed by atoms with Crippen LogP contribution in [0.15, 0.2) is 24.3 Å². The average molecular weight is 205 g/mol. The molecule has 1 aliphatic rings. The summed E-state index contributed by atoms with van der Waals surface area (Å²) in [5.74, 6) is 0. The second-order valence-corrected chi connectivity index (χ2v) is 4.19. The molecule has 2 N–H and O–H groups in total. The van der Waals surface area contributed by atoms with Gasteiger partial charge in [-0.25, -0.2) is 0 Å². The summed E-state index contributed by atoms with van der Waals surface area (Å²) in [4.78, 5) is 0. The first-order valence-electron chi connectivity index (χ1n) is 5.78. The minimum Gasteiger partial charge on any atom is -0.372 e. The molecule has 2 heteroatoms. The van der Waals surface area contributed by atoms with Crippen molar-refractivity contribution >= 4 is 0 Å². The fraction of sp³-hybridized carbons (Fsp3) is 0.538. The lowest BCUT2D eigenvalue weighted by atomic mass is 9.86. The number of hydrogen-bond acceptors (Lipinski definition) is 2. The van der Waals surface area contributed by atoms with Gasteiger partial charge in [-0.15, -0.1) is 0 Å². The van der Waals surface area contributed by atoms with Crippen LogP contribution in [-0.2, 0) is 11.2 Å². The molecule has 1 aliphatic carbocycles. The van der Waals surface area contributed by atoms with Crippen molar-refractivity contribution < 1.29 is 4.74 Å². The van der Waals surface area contributed by atoms with E-state index in [1.54, 1.807) is 0 Å². The molecular weight excluding hydrogens is 186 g/mol. The Kier molecular flexibility index (Phi) is 3.39. The molecule has 0 bridgehead atoms. The molecule has 0 heterocycles. The van der Waals surface area contributed by atoms with E-state index in [2.05, 4.69) is 31.2 Å². The van der Waals surface area contributed by atoms with Crippen LogP contribution in [0.25, 0.3) is 0 Å². The summed E-state index contributed by atoms with van der Waals surface area (Å²) < 4.78 is 5.85. The van der Waals surface area contributed by atoms with E-state index < -0.39 is 0 Å². The number of ether oxygens (including phenoxy) is 1. The zero-order valence-electron chi connectivity index (χ0n) is 9.28. The third kappa shape index (κ3) is 2.21. The Labute approximate surface area is 91.4 Å². The summed E-state index contributed by atoms with van der Waals surface area (Å²) in [6.45, 7) is 2.92. The quantitative estimate of drug-likeness (QED) is 0.822. The van der Waals surface area contributed by atoms with Crippen molar-refractivity contribution in [1.29, 1.82) is 0 Å². The van der Waals surface area contributed by atoms with Gasteiger partial charge in [0.15, 0.2) is 0 Å². The van der Waals surface area contributed by atoms with Crippen molar-refractivity contribution in [3.05, 3.63) is 35.4 Å². The van der Waals surface area contributed by atoms with Gasteiger partial charge in [0.25, 0.3) is 0 Å². The number of benzene rings is 1. The minimum absolute atomic E-state index is 0.106. The van der Waals surface area contributed by atoms with Gasteiger partial charge in [0.2, 0.25) is 0 Å². The molecule has 1 aromatic carbocycles. The number of hydrogen-bond donors (Lipinski definition) is 1. The van der Waals surface area contributed by atoms with Crippen molar-refractivity contribution in [1.82, 2.24) is 0 Å². The normalized spacial score (nSPS) is 24.9. The molecule has 1 aromatic rings. The van der Waals surface area contributed by atoms with E-state index in [9.17, 15) is 0 Å². The van der Waals surface area contributed by atoms with Crippen molar-refractivity contribution in [2.24, 2.45) is 5.73 Å². The average Bonchev–Trinajstić information content (AvgIpc) is 2.28. The maximum absolute atomic E-state index is 6.11. The predicted molar refractivity (Wildman–Crippen MR) is 61.7 cm³/mol. The van der Waals surface area contributed by atoms with Gasteiger partial charge in [-0.05, 0) is 30.4 Å². The fourth-order valence-electron chi connectivity index (χ4n) is 2.20. The van der Waals surface area contributed by atoms with Gasteiger partial charge < -0.3 is 10.5 Å². The number of rotatable bonds is 3. The van der Waals surface area contributed by atoms with Gasteiger partial charge in [-0.1, -0.05) is 31.2 Å². The Morgan fingerprint density at radius 3 is 3.00 bits per heavy atom. The van der Waals surface area contributed by atoms with E-state index in [-0.39, 0.29) is 12.1 Å². The van der Waals surface area contributed by atoms with E-state index in [0.29, 0.717) is 0 Å². The minimum atomic E-state index is 0.106. The molecule has 2 atom stereocenters. The second-order valence-electron chi connectivity index (χ2n) is 4.19. The highest BCUT2D eigenvalue weighted by Gasteiger charge is 2.26. The van der Waals surface area contributed by atoms with Crippen LogP contribution in [0.3, 0.4) is 0 Å². The molecule has 0 amide bonds. The van der Waals surface area contributed by atoms with Crippen LogP contribution in [-0.4, -0.2) is 12.6 Å². The summed E-state index contributed by atoms with van der Waals surface area (Å²) in [6.07, 6.45) is 3.27. The summed E-state index contributed by atoms with van der Waals surface area (Å²) in [5.41, 5.74) is 8.81. The molecule has 15 heavy (non-hydrogen) atoms. The summed E-state index contributed by atoms with van der Waals surface area (Å²) >= 11 is 0. The van der Waals surface area contributed by atoms with Crippen molar-refractivity contribution in [2.75, 3.05) is 6.61 Å². The third-order valence-corrected chi connectivity index (χ3v) is 3.00. The lowest BCUT2D eigenvalue weighted by molar-refractivity contribution is 0.0280. The molecule has 2 unspecified atom stereocenters. The first kappa shape index (κ1) is 10.7. The second kappa shape index (κ2) is 4.77. The monoisotopic (exact) mass is 205 g/mol. The van der Waals surface area contributed by atoms with E-state index in [1.165, 1.54) is 11.1 Å². The molecule has 0 fully saturated rings. The highest BCUT2D eigenvalue weighted by molar-refractivity contribution is 5.32. The van der Waals surface area contributed by atoms with Crippen LogP contribution < -0.4 is 5.73 Å². The van der Waals surface area contributed by atoms with Gasteiger partial charge >= 0.3 is 0 Å². The summed E-state index contributed by atoms with van der Waals surface area (Å²) in [7, 11) is 0. The molecule has 82 valence electrons. The van der Waals surface area contributed by atoms with Crippen LogP contribution >= 0.6 is 0 Å². The van der Waals surface area contributed by atoms with Crippen LogP contribution in [0.1, 0.15) is 37.0 Å². The Morgan fingerprint density at radius 2 is 2.20 bits per heavy atom. The van der Waals surface area contributed by atoms with E-state index in [4.69, 9.17) is 10.5 Å². The Balaban J connectivity index is 2.21. The van der Waals surface area contributed by atoms with Crippen LogP contribution in [0, 0.1) is 0 Å². The topological polar surface area (TPSA) is 35.2 Å². The first-order valence-corrected chi connectivity index (χ1v) is 5.78. The smallest absolute Gasteiger partial charge is 0.0978 e. The highest BCUT2D eigenvalue weighted by atomic mass is 16.5. The molecule has 0 saturated carbocycles. The van der Waals surface area contributed by atoms with E-state index in [0.717, 1.165) is 25.9 Å². The van der Waals surface area contributed by atoms with Crippen LogP contribution in [0.4, 0.5) is 0 Å². The molecule has 0 aliphatic heterocycles. The fourth-order valence-corrected chi connectivity index (χ4v) is 2.20. The van der Waals surface area contributed by atoms with Crippen LogP contribution in [0.5, 0.6) is 0 Å². The molecule has 2 nitrogen and oxygen atoms in total. The third-order valence-electron chi connectivity index (χ3n) is 3.00. The molecule has 0 spiro atoms. The highest BCUT2D eigenvalue weighted by Crippen LogP contribution is 2.31. The maximum Gasteiger partial charge on any atom is 0.0978 e. The number of nitrogens with two attached hydrogens (primary N) is 1. The molecule has 0 saturated heterocycles. The number of fused-ring (bicyclic) bond motifs is 1. The standard InChI is InChI=1S/C13H19NO/c1-2-9-15-13-11-6-4-3-5-10(11)7-8-12(13)14/h3-6,12-13H,2,7-9,14H2,1H3. The molecule has 0 aromatic heterocycles.